The number of rotatable bonds is 4. The Bertz CT molecular complexity index is 669. The predicted molar refractivity (Wildman–Crippen MR) is 82.2 cm³/mol. The molecule has 0 amide bonds. The van der Waals surface area contributed by atoms with Gasteiger partial charge < -0.3 is 10.4 Å². The number of hydrogen-bond donors (Lipinski definition) is 2. The summed E-state index contributed by atoms with van der Waals surface area (Å²) < 4.78 is 13.9. The summed E-state index contributed by atoms with van der Waals surface area (Å²) in [4.78, 5) is 12.2. The van der Waals surface area contributed by atoms with Gasteiger partial charge in [-0.15, -0.1) is 11.3 Å². The van der Waals surface area contributed by atoms with Crippen LogP contribution in [-0.4, -0.2) is 11.1 Å². The first kappa shape index (κ1) is 15.0. The van der Waals surface area contributed by atoms with Crippen LogP contribution in [0.15, 0.2) is 22.7 Å². The quantitative estimate of drug-likeness (QED) is 0.841. The molecule has 0 fully saturated rings. The normalized spacial score (nSPS) is 10.6. The number of carboxylic acid groups (broad SMARTS) is 1. The zero-order valence-electron chi connectivity index (χ0n) is 11.0. The van der Waals surface area contributed by atoms with E-state index in [2.05, 4.69) is 21.2 Å². The third-order valence-electron chi connectivity index (χ3n) is 2.97. The minimum absolute atomic E-state index is 0.318. The van der Waals surface area contributed by atoms with Crippen molar-refractivity contribution in [1.29, 1.82) is 0 Å². The van der Waals surface area contributed by atoms with E-state index in [0.717, 1.165) is 16.0 Å². The first-order chi connectivity index (χ1) is 9.38. The number of aryl methyl sites for hydroxylation is 2. The Hall–Kier alpha value is -1.40. The Kier molecular flexibility index (Phi) is 4.45. The number of anilines is 1. The van der Waals surface area contributed by atoms with Gasteiger partial charge in [-0.05, 0) is 59.1 Å². The number of hydrogen-bond acceptors (Lipinski definition) is 3. The van der Waals surface area contributed by atoms with Gasteiger partial charge in [0.2, 0.25) is 0 Å². The topological polar surface area (TPSA) is 49.3 Å². The molecule has 0 radical (unpaired) electrons. The van der Waals surface area contributed by atoms with Gasteiger partial charge in [0, 0.05) is 17.1 Å². The van der Waals surface area contributed by atoms with E-state index in [1.165, 1.54) is 17.4 Å². The van der Waals surface area contributed by atoms with Gasteiger partial charge in [-0.1, -0.05) is 0 Å². The van der Waals surface area contributed by atoms with Crippen LogP contribution >= 0.6 is 27.3 Å². The Morgan fingerprint density at radius 3 is 2.70 bits per heavy atom. The van der Waals surface area contributed by atoms with Crippen LogP contribution in [0.5, 0.6) is 0 Å². The minimum Gasteiger partial charge on any atom is -0.477 e. The second-order valence-electron chi connectivity index (χ2n) is 4.43. The Morgan fingerprint density at radius 1 is 1.40 bits per heavy atom. The molecular weight excluding hydrogens is 345 g/mol. The first-order valence-electron chi connectivity index (χ1n) is 5.90. The number of aromatic carboxylic acids is 1. The maximum Gasteiger partial charge on any atom is 0.345 e. The molecule has 0 aliphatic rings. The van der Waals surface area contributed by atoms with Gasteiger partial charge in [0.25, 0.3) is 0 Å². The van der Waals surface area contributed by atoms with Crippen molar-refractivity contribution in [2.45, 2.75) is 20.4 Å². The van der Waals surface area contributed by atoms with Gasteiger partial charge in [0.1, 0.15) is 10.7 Å². The van der Waals surface area contributed by atoms with Gasteiger partial charge in [-0.3, -0.25) is 0 Å². The maximum atomic E-state index is 13.5. The molecule has 2 N–H and O–H groups in total. The summed E-state index contributed by atoms with van der Waals surface area (Å²) in [6, 6.07) is 4.79. The minimum atomic E-state index is -0.921. The van der Waals surface area contributed by atoms with Crippen LogP contribution in [0.4, 0.5) is 10.1 Å². The monoisotopic (exact) mass is 357 g/mol. The largest absolute Gasteiger partial charge is 0.477 e. The average molecular weight is 358 g/mol. The average Bonchev–Trinajstić information content (AvgIpc) is 2.74. The van der Waals surface area contributed by atoms with E-state index >= 15 is 0 Å². The summed E-state index contributed by atoms with van der Waals surface area (Å²) in [7, 11) is 0. The van der Waals surface area contributed by atoms with Gasteiger partial charge in [-0.25, -0.2) is 9.18 Å². The summed E-state index contributed by atoms with van der Waals surface area (Å²) in [6.07, 6.45) is 0. The van der Waals surface area contributed by atoms with Crippen molar-refractivity contribution in [3.8, 4) is 0 Å². The number of benzene rings is 1. The van der Waals surface area contributed by atoms with Crippen molar-refractivity contribution in [2.24, 2.45) is 0 Å². The third-order valence-corrected chi connectivity index (χ3v) is 4.66. The molecule has 0 saturated carbocycles. The van der Waals surface area contributed by atoms with E-state index < -0.39 is 5.97 Å². The van der Waals surface area contributed by atoms with Gasteiger partial charge >= 0.3 is 5.97 Å². The van der Waals surface area contributed by atoms with Crippen molar-refractivity contribution in [1.82, 2.24) is 0 Å². The smallest absolute Gasteiger partial charge is 0.345 e. The number of carbonyl (C=O) groups is 1. The van der Waals surface area contributed by atoms with Crippen LogP contribution in [0.3, 0.4) is 0 Å². The van der Waals surface area contributed by atoms with Crippen molar-refractivity contribution < 1.29 is 14.3 Å². The summed E-state index contributed by atoms with van der Waals surface area (Å²) >= 11 is 4.39. The molecule has 20 heavy (non-hydrogen) atoms. The first-order valence-corrected chi connectivity index (χ1v) is 7.51. The molecule has 2 aromatic rings. The molecule has 0 spiro atoms. The zero-order chi connectivity index (χ0) is 14.9. The van der Waals surface area contributed by atoms with Gasteiger partial charge in [0.15, 0.2) is 0 Å². The number of halogens is 2. The Labute approximate surface area is 128 Å². The molecule has 106 valence electrons. The highest BCUT2D eigenvalue weighted by Gasteiger charge is 2.11. The molecule has 0 aliphatic carbocycles. The number of carboxylic acids is 1. The summed E-state index contributed by atoms with van der Waals surface area (Å²) in [5, 5.41) is 12.1. The van der Waals surface area contributed by atoms with E-state index in [-0.39, 0.29) is 5.82 Å². The highest BCUT2D eigenvalue weighted by molar-refractivity contribution is 9.10. The van der Waals surface area contributed by atoms with Crippen molar-refractivity contribution in [2.75, 3.05) is 5.32 Å². The second-order valence-corrected chi connectivity index (χ2v) is 6.54. The van der Waals surface area contributed by atoms with Gasteiger partial charge in [-0.2, -0.15) is 0 Å². The lowest BCUT2D eigenvalue weighted by Gasteiger charge is -2.10. The van der Waals surface area contributed by atoms with E-state index in [4.69, 9.17) is 5.11 Å². The molecule has 0 saturated heterocycles. The molecule has 0 bridgehead atoms. The number of nitrogens with one attached hydrogen (secondary N) is 1. The fraction of sp³-hybridized carbons (Fsp3) is 0.214. The predicted octanol–water partition coefficient (Wildman–Crippen LogP) is 4.58. The molecule has 0 atom stereocenters. The lowest BCUT2D eigenvalue weighted by Crippen LogP contribution is -2.02. The summed E-state index contributed by atoms with van der Waals surface area (Å²) in [5.74, 6) is -1.25. The molecule has 1 aromatic carbocycles. The van der Waals surface area contributed by atoms with Crippen molar-refractivity contribution in [3.63, 3.8) is 0 Å². The Morgan fingerprint density at radius 2 is 2.10 bits per heavy atom. The molecule has 0 unspecified atom stereocenters. The third kappa shape index (κ3) is 3.19. The van der Waals surface area contributed by atoms with Crippen LogP contribution in [0.1, 0.15) is 25.7 Å². The van der Waals surface area contributed by atoms with Gasteiger partial charge in [0.05, 0.1) is 4.47 Å². The van der Waals surface area contributed by atoms with E-state index in [1.807, 2.05) is 13.8 Å². The lowest BCUT2D eigenvalue weighted by atomic mass is 10.2. The fourth-order valence-corrected chi connectivity index (χ4v) is 3.17. The molecule has 0 aliphatic heterocycles. The molecule has 2 rings (SSSR count). The van der Waals surface area contributed by atoms with E-state index in [1.54, 1.807) is 12.1 Å². The van der Waals surface area contributed by atoms with Crippen molar-refractivity contribution >= 4 is 38.9 Å². The molecule has 1 aromatic heterocycles. The van der Waals surface area contributed by atoms with Crippen LogP contribution in [-0.2, 0) is 6.54 Å². The summed E-state index contributed by atoms with van der Waals surface area (Å²) in [6.45, 7) is 4.23. The molecule has 3 nitrogen and oxygen atoms in total. The molecule has 6 heteroatoms. The highest BCUT2D eigenvalue weighted by Crippen LogP contribution is 2.26. The molecular formula is C14H13BrFNO2S. The summed E-state index contributed by atoms with van der Waals surface area (Å²) in [5.41, 5.74) is 2.54. The maximum absolute atomic E-state index is 13.5. The van der Waals surface area contributed by atoms with Crippen LogP contribution in [0.25, 0.3) is 0 Å². The molecule has 1 heterocycles. The zero-order valence-corrected chi connectivity index (χ0v) is 13.4. The van der Waals surface area contributed by atoms with E-state index in [0.29, 0.717) is 21.6 Å². The standard InChI is InChI=1S/C14H13BrFNO2S/c1-7-3-10(15)11(16)5-12(7)17-6-9-4-13(14(18)19)20-8(9)2/h3-5,17H,6H2,1-2H3,(H,18,19). The Balaban J connectivity index is 2.17. The lowest BCUT2D eigenvalue weighted by molar-refractivity contribution is 0.0702. The van der Waals surface area contributed by atoms with Crippen molar-refractivity contribution in [3.05, 3.63) is 49.4 Å². The van der Waals surface area contributed by atoms with E-state index in [9.17, 15) is 9.18 Å². The van der Waals surface area contributed by atoms with Crippen LogP contribution in [0.2, 0.25) is 0 Å². The fourth-order valence-electron chi connectivity index (χ4n) is 1.83. The van der Waals surface area contributed by atoms with Crippen LogP contribution in [0, 0.1) is 19.7 Å². The van der Waals surface area contributed by atoms with Crippen LogP contribution < -0.4 is 5.32 Å². The second kappa shape index (κ2) is 5.93. The highest BCUT2D eigenvalue weighted by atomic mass is 79.9. The SMILES string of the molecule is Cc1cc(Br)c(F)cc1NCc1cc(C(=O)O)sc1C. The number of thiophene rings is 1.